The molecule has 2 rings (SSSR count). The van der Waals surface area contributed by atoms with Crippen molar-refractivity contribution in [1.82, 2.24) is 15.1 Å². The van der Waals surface area contributed by atoms with Crippen LogP contribution in [-0.4, -0.2) is 22.2 Å². The molecule has 1 aliphatic rings. The zero-order valence-corrected chi connectivity index (χ0v) is 6.93. The highest BCUT2D eigenvalue weighted by Gasteiger charge is 2.21. The average Bonchev–Trinajstić information content (AvgIpc) is 2.49. The zero-order chi connectivity index (χ0) is 8.55. The highest BCUT2D eigenvalue weighted by atomic mass is 35.5. The number of nitrogens with zero attached hydrogens (tertiary/aromatic N) is 2. The summed E-state index contributed by atoms with van der Waals surface area (Å²) in [5.41, 5.74) is 1.05. The molecule has 1 aromatic heterocycles. The Morgan fingerprint density at radius 2 is 2.58 bits per heavy atom. The van der Waals surface area contributed by atoms with Gasteiger partial charge in [0.15, 0.2) is 5.69 Å². The van der Waals surface area contributed by atoms with Crippen molar-refractivity contribution in [3.63, 3.8) is 0 Å². The number of nitrogens with one attached hydrogen (secondary N) is 2. The lowest BCUT2D eigenvalue weighted by molar-refractivity contribution is 0.0925. The number of aromatic nitrogens is 2. The maximum absolute atomic E-state index is 11.3. The van der Waals surface area contributed by atoms with Gasteiger partial charge in [-0.05, 0) is 0 Å². The van der Waals surface area contributed by atoms with E-state index in [0.29, 0.717) is 24.5 Å². The average molecular weight is 187 g/mol. The van der Waals surface area contributed by atoms with Crippen molar-refractivity contribution in [2.45, 2.75) is 6.54 Å². The SMILES string of the molecule is O=C1NCCn2ncc(NCl)c21. The molecule has 0 bridgehead atoms. The maximum Gasteiger partial charge on any atom is 0.271 e. The Bertz CT molecular complexity index is 308. The minimum absolute atomic E-state index is 0.137. The predicted octanol–water partition coefficient (Wildman–Crippen LogP) is 0.192. The molecule has 1 amide bonds. The third kappa shape index (κ3) is 0.937. The van der Waals surface area contributed by atoms with Crippen molar-refractivity contribution in [2.24, 2.45) is 0 Å². The number of carbonyl (C=O) groups is 1. The fourth-order valence-electron chi connectivity index (χ4n) is 1.22. The first-order valence-corrected chi connectivity index (χ1v) is 3.91. The largest absolute Gasteiger partial charge is 0.349 e. The lowest BCUT2D eigenvalue weighted by Gasteiger charge is -2.14. The highest BCUT2D eigenvalue weighted by molar-refractivity contribution is 6.25. The normalized spacial score (nSPS) is 15.2. The van der Waals surface area contributed by atoms with Gasteiger partial charge in [0.05, 0.1) is 12.7 Å². The van der Waals surface area contributed by atoms with E-state index in [1.54, 1.807) is 4.68 Å². The van der Waals surface area contributed by atoms with Gasteiger partial charge in [-0.3, -0.25) is 14.3 Å². The van der Waals surface area contributed by atoms with Crippen LogP contribution in [0.4, 0.5) is 5.69 Å². The summed E-state index contributed by atoms with van der Waals surface area (Å²) in [6.07, 6.45) is 1.53. The van der Waals surface area contributed by atoms with Crippen molar-refractivity contribution < 1.29 is 4.79 Å². The Hall–Kier alpha value is -1.23. The molecule has 2 heterocycles. The van der Waals surface area contributed by atoms with Gasteiger partial charge in [0.25, 0.3) is 5.91 Å². The lowest BCUT2D eigenvalue weighted by atomic mass is 10.3. The summed E-state index contributed by atoms with van der Waals surface area (Å²) in [5.74, 6) is -0.137. The number of carbonyl (C=O) groups excluding carboxylic acids is 1. The van der Waals surface area contributed by atoms with Crippen molar-refractivity contribution in [1.29, 1.82) is 0 Å². The monoisotopic (exact) mass is 186 g/mol. The third-order valence-electron chi connectivity index (χ3n) is 1.77. The lowest BCUT2D eigenvalue weighted by Crippen LogP contribution is -2.35. The van der Waals surface area contributed by atoms with Crippen LogP contribution in [0.15, 0.2) is 6.20 Å². The van der Waals surface area contributed by atoms with E-state index in [1.165, 1.54) is 6.20 Å². The summed E-state index contributed by atoms with van der Waals surface area (Å²) in [6.45, 7) is 1.31. The smallest absolute Gasteiger partial charge is 0.271 e. The summed E-state index contributed by atoms with van der Waals surface area (Å²) in [4.78, 5) is 13.6. The van der Waals surface area contributed by atoms with Gasteiger partial charge >= 0.3 is 0 Å². The third-order valence-corrected chi connectivity index (χ3v) is 1.97. The summed E-state index contributed by atoms with van der Waals surface area (Å²) in [5, 5.41) is 6.69. The standard InChI is InChI=1S/C6H7ClN4O/c7-10-4-3-9-11-2-1-8-6(12)5(4)11/h3,10H,1-2H2,(H,8,12). The van der Waals surface area contributed by atoms with Gasteiger partial charge in [0.2, 0.25) is 0 Å². The minimum atomic E-state index is -0.137. The number of rotatable bonds is 1. The van der Waals surface area contributed by atoms with E-state index in [2.05, 4.69) is 15.3 Å². The second kappa shape index (κ2) is 2.67. The van der Waals surface area contributed by atoms with Crippen LogP contribution in [0.5, 0.6) is 0 Å². The fourth-order valence-corrected chi connectivity index (χ4v) is 1.36. The van der Waals surface area contributed by atoms with Crippen LogP contribution in [0.3, 0.4) is 0 Å². The van der Waals surface area contributed by atoms with Crippen LogP contribution in [0.1, 0.15) is 10.5 Å². The molecule has 0 aromatic carbocycles. The molecule has 0 saturated heterocycles. The molecule has 0 atom stereocenters. The van der Waals surface area contributed by atoms with E-state index in [9.17, 15) is 4.79 Å². The number of anilines is 1. The Kier molecular flexibility index (Phi) is 1.65. The molecule has 2 N–H and O–H groups in total. The minimum Gasteiger partial charge on any atom is -0.349 e. The summed E-state index contributed by atoms with van der Waals surface area (Å²) in [7, 11) is 0. The van der Waals surface area contributed by atoms with Gasteiger partial charge in [-0.15, -0.1) is 0 Å². The Balaban J connectivity index is 2.50. The molecule has 0 unspecified atom stereocenters. The number of fused-ring (bicyclic) bond motifs is 1. The van der Waals surface area contributed by atoms with E-state index in [1.807, 2.05) is 0 Å². The summed E-state index contributed by atoms with van der Waals surface area (Å²) >= 11 is 5.39. The molecule has 5 nitrogen and oxygen atoms in total. The highest BCUT2D eigenvalue weighted by Crippen LogP contribution is 2.17. The topological polar surface area (TPSA) is 59.0 Å². The van der Waals surface area contributed by atoms with E-state index < -0.39 is 0 Å². The van der Waals surface area contributed by atoms with Crippen molar-refractivity contribution >= 4 is 23.4 Å². The summed E-state index contributed by atoms with van der Waals surface area (Å²) in [6, 6.07) is 0. The van der Waals surface area contributed by atoms with Gasteiger partial charge in [-0.25, -0.2) is 0 Å². The van der Waals surface area contributed by atoms with Crippen LogP contribution in [0.2, 0.25) is 0 Å². The van der Waals surface area contributed by atoms with Gasteiger partial charge in [-0.1, -0.05) is 0 Å². The molecule has 1 aliphatic heterocycles. The Labute approximate surface area is 73.8 Å². The molecule has 0 fully saturated rings. The van der Waals surface area contributed by atoms with Crippen LogP contribution < -0.4 is 10.2 Å². The maximum atomic E-state index is 11.3. The van der Waals surface area contributed by atoms with Gasteiger partial charge in [0, 0.05) is 18.3 Å². The van der Waals surface area contributed by atoms with E-state index >= 15 is 0 Å². The van der Waals surface area contributed by atoms with E-state index in [0.717, 1.165) is 0 Å². The molecule has 0 radical (unpaired) electrons. The molecule has 12 heavy (non-hydrogen) atoms. The molecule has 64 valence electrons. The Morgan fingerprint density at radius 3 is 3.33 bits per heavy atom. The van der Waals surface area contributed by atoms with Gasteiger partial charge in [-0.2, -0.15) is 5.10 Å². The molecular weight excluding hydrogens is 180 g/mol. The van der Waals surface area contributed by atoms with Crippen LogP contribution in [0, 0.1) is 0 Å². The molecule has 6 heteroatoms. The molecule has 0 aliphatic carbocycles. The van der Waals surface area contributed by atoms with E-state index in [4.69, 9.17) is 11.8 Å². The summed E-state index contributed by atoms with van der Waals surface area (Å²) < 4.78 is 1.63. The van der Waals surface area contributed by atoms with E-state index in [-0.39, 0.29) is 5.91 Å². The molecular formula is C6H7ClN4O. The molecule has 0 saturated carbocycles. The van der Waals surface area contributed by atoms with Crippen molar-refractivity contribution in [3.8, 4) is 0 Å². The number of halogens is 1. The quantitative estimate of drug-likeness (QED) is 0.616. The first kappa shape index (κ1) is 7.42. The number of hydrogen-bond acceptors (Lipinski definition) is 3. The second-order valence-corrected chi connectivity index (χ2v) is 2.67. The number of amides is 1. The molecule has 0 spiro atoms. The van der Waals surface area contributed by atoms with Gasteiger partial charge in [0.1, 0.15) is 5.69 Å². The second-order valence-electron chi connectivity index (χ2n) is 2.48. The first-order chi connectivity index (χ1) is 5.83. The fraction of sp³-hybridized carbons (Fsp3) is 0.333. The van der Waals surface area contributed by atoms with Crippen LogP contribution in [-0.2, 0) is 6.54 Å². The number of hydrogen-bond donors (Lipinski definition) is 2. The predicted molar refractivity (Wildman–Crippen MR) is 44.0 cm³/mol. The zero-order valence-electron chi connectivity index (χ0n) is 6.17. The molecule has 1 aromatic rings. The first-order valence-electron chi connectivity index (χ1n) is 3.53. The van der Waals surface area contributed by atoms with Crippen LogP contribution in [0.25, 0.3) is 0 Å². The van der Waals surface area contributed by atoms with Crippen LogP contribution >= 0.6 is 11.8 Å². The van der Waals surface area contributed by atoms with Crippen molar-refractivity contribution in [2.75, 3.05) is 11.4 Å². The Morgan fingerprint density at radius 1 is 1.75 bits per heavy atom. The van der Waals surface area contributed by atoms with Gasteiger partial charge < -0.3 is 5.32 Å². The van der Waals surface area contributed by atoms with Crippen molar-refractivity contribution in [3.05, 3.63) is 11.9 Å².